The molecule has 0 N–H and O–H groups in total. The van der Waals surface area contributed by atoms with Crippen LogP contribution in [0.1, 0.15) is 0 Å². The Labute approximate surface area is 103 Å². The Balaban J connectivity index is 2.21. The molecule has 0 amide bonds. The normalized spacial score (nSPS) is 11.3. The molecule has 0 saturated carbocycles. The molecule has 2 aromatic heterocycles. The predicted molar refractivity (Wildman–Crippen MR) is 71.4 cm³/mol. The molecule has 0 aliphatic carbocycles. The summed E-state index contributed by atoms with van der Waals surface area (Å²) in [7, 11) is 0. The van der Waals surface area contributed by atoms with E-state index in [9.17, 15) is 0 Å². The van der Waals surface area contributed by atoms with Crippen molar-refractivity contribution in [2.45, 2.75) is 0 Å². The largest absolute Gasteiger partial charge is 0.464 e. The number of para-hydroxylation sites is 1. The van der Waals surface area contributed by atoms with Crippen molar-refractivity contribution in [3.8, 4) is 11.3 Å². The summed E-state index contributed by atoms with van der Waals surface area (Å²) in [5.41, 5.74) is 2.87. The summed E-state index contributed by atoms with van der Waals surface area (Å²) in [6.07, 6.45) is 1.69. The van der Waals surface area contributed by atoms with Gasteiger partial charge < -0.3 is 8.83 Å². The quantitative estimate of drug-likeness (QED) is 0.470. The van der Waals surface area contributed by atoms with Gasteiger partial charge in [-0.1, -0.05) is 30.3 Å². The van der Waals surface area contributed by atoms with Crippen LogP contribution in [0.25, 0.3) is 33.3 Å². The lowest BCUT2D eigenvalue weighted by atomic mass is 10.0. The monoisotopic (exact) mass is 234 g/mol. The Hall–Kier alpha value is -2.48. The van der Waals surface area contributed by atoms with Gasteiger partial charge in [0.25, 0.3) is 0 Å². The highest BCUT2D eigenvalue weighted by Gasteiger charge is 2.12. The molecule has 86 valence electrons. The fourth-order valence-electron chi connectivity index (χ4n) is 2.41. The van der Waals surface area contributed by atoms with Crippen molar-refractivity contribution in [3.63, 3.8) is 0 Å². The molecule has 18 heavy (non-hydrogen) atoms. The van der Waals surface area contributed by atoms with Gasteiger partial charge in [-0.25, -0.2) is 0 Å². The van der Waals surface area contributed by atoms with Crippen molar-refractivity contribution in [1.29, 1.82) is 0 Å². The van der Waals surface area contributed by atoms with Crippen LogP contribution in [0.2, 0.25) is 0 Å². The van der Waals surface area contributed by atoms with E-state index in [0.29, 0.717) is 0 Å². The highest BCUT2D eigenvalue weighted by Crippen LogP contribution is 2.36. The van der Waals surface area contributed by atoms with Gasteiger partial charge in [0, 0.05) is 16.3 Å². The molecule has 2 heterocycles. The summed E-state index contributed by atoms with van der Waals surface area (Å²) < 4.78 is 11.4. The Morgan fingerprint density at radius 1 is 0.722 bits per heavy atom. The Bertz CT molecular complexity index is 823. The van der Waals surface area contributed by atoms with Gasteiger partial charge in [0.05, 0.1) is 6.26 Å². The Morgan fingerprint density at radius 2 is 1.61 bits per heavy atom. The van der Waals surface area contributed by atoms with Crippen LogP contribution in [0.4, 0.5) is 0 Å². The third-order valence-electron chi connectivity index (χ3n) is 3.19. The van der Waals surface area contributed by atoms with Crippen LogP contribution in [0, 0.1) is 0 Å². The lowest BCUT2D eigenvalue weighted by molar-refractivity contribution is 0.583. The fraction of sp³-hybridized carbons (Fsp3) is 0. The number of hydrogen-bond acceptors (Lipinski definition) is 2. The summed E-state index contributed by atoms with van der Waals surface area (Å²) in [6, 6.07) is 18.0. The van der Waals surface area contributed by atoms with E-state index >= 15 is 0 Å². The molecule has 0 aliphatic rings. The number of hydrogen-bond donors (Lipinski definition) is 0. The summed E-state index contributed by atoms with van der Waals surface area (Å²) in [5.74, 6) is 0.868. The van der Waals surface area contributed by atoms with Crippen LogP contribution < -0.4 is 0 Å². The first-order chi connectivity index (χ1) is 8.93. The number of benzene rings is 2. The van der Waals surface area contributed by atoms with E-state index in [1.165, 1.54) is 0 Å². The second-order valence-corrected chi connectivity index (χ2v) is 4.25. The molecule has 0 atom stereocenters. The SMILES string of the molecule is c1coc(-c2cccc3oc4ccccc4c23)c1. The molecule has 2 aromatic carbocycles. The van der Waals surface area contributed by atoms with Crippen molar-refractivity contribution in [2.75, 3.05) is 0 Å². The van der Waals surface area contributed by atoms with Crippen LogP contribution in [0.3, 0.4) is 0 Å². The molecule has 4 rings (SSSR count). The Kier molecular flexibility index (Phi) is 1.86. The number of fused-ring (bicyclic) bond motifs is 3. The van der Waals surface area contributed by atoms with Crippen molar-refractivity contribution >= 4 is 21.9 Å². The molecule has 0 fully saturated rings. The lowest BCUT2D eigenvalue weighted by Gasteiger charge is -1.98. The van der Waals surface area contributed by atoms with Gasteiger partial charge in [-0.3, -0.25) is 0 Å². The minimum absolute atomic E-state index is 0.868. The Morgan fingerprint density at radius 3 is 2.50 bits per heavy atom. The molecular weight excluding hydrogens is 224 g/mol. The molecule has 2 nitrogen and oxygen atoms in total. The van der Waals surface area contributed by atoms with E-state index < -0.39 is 0 Å². The van der Waals surface area contributed by atoms with E-state index in [0.717, 1.165) is 33.3 Å². The average Bonchev–Trinajstić information content (AvgIpc) is 3.05. The second-order valence-electron chi connectivity index (χ2n) is 4.25. The molecule has 0 aliphatic heterocycles. The van der Waals surface area contributed by atoms with Crippen LogP contribution in [-0.2, 0) is 0 Å². The standard InChI is InChI=1S/C16H10O2/c1-2-7-14-12(5-1)16-11(13-9-4-10-17-13)6-3-8-15(16)18-14/h1-10H. The van der Waals surface area contributed by atoms with Crippen molar-refractivity contribution in [1.82, 2.24) is 0 Å². The molecule has 0 radical (unpaired) electrons. The minimum atomic E-state index is 0.868. The third kappa shape index (κ3) is 1.23. The first-order valence-corrected chi connectivity index (χ1v) is 5.87. The van der Waals surface area contributed by atoms with Crippen LogP contribution in [-0.4, -0.2) is 0 Å². The zero-order chi connectivity index (χ0) is 11.9. The molecule has 0 unspecified atom stereocenters. The maximum absolute atomic E-state index is 5.85. The third-order valence-corrected chi connectivity index (χ3v) is 3.19. The number of rotatable bonds is 1. The highest BCUT2D eigenvalue weighted by atomic mass is 16.3. The van der Waals surface area contributed by atoms with E-state index in [4.69, 9.17) is 8.83 Å². The molecule has 4 aromatic rings. The topological polar surface area (TPSA) is 26.3 Å². The van der Waals surface area contributed by atoms with Gasteiger partial charge in [0.1, 0.15) is 16.9 Å². The van der Waals surface area contributed by atoms with Gasteiger partial charge in [-0.15, -0.1) is 0 Å². The maximum atomic E-state index is 5.85. The summed E-state index contributed by atoms with van der Waals surface area (Å²) in [6.45, 7) is 0. The predicted octanol–water partition coefficient (Wildman–Crippen LogP) is 4.85. The van der Waals surface area contributed by atoms with Gasteiger partial charge >= 0.3 is 0 Å². The van der Waals surface area contributed by atoms with Crippen LogP contribution in [0.5, 0.6) is 0 Å². The highest BCUT2D eigenvalue weighted by molar-refractivity contribution is 6.11. The van der Waals surface area contributed by atoms with E-state index in [2.05, 4.69) is 12.1 Å². The summed E-state index contributed by atoms with van der Waals surface area (Å²) in [4.78, 5) is 0. The molecule has 0 bridgehead atoms. The zero-order valence-electron chi connectivity index (χ0n) is 9.59. The van der Waals surface area contributed by atoms with Gasteiger partial charge in [0.2, 0.25) is 0 Å². The second kappa shape index (κ2) is 3.50. The van der Waals surface area contributed by atoms with E-state index in [1.54, 1.807) is 6.26 Å². The van der Waals surface area contributed by atoms with Gasteiger partial charge in [0.15, 0.2) is 0 Å². The molecular formula is C16H10O2. The van der Waals surface area contributed by atoms with Gasteiger partial charge in [-0.05, 0) is 24.3 Å². The molecule has 0 saturated heterocycles. The van der Waals surface area contributed by atoms with Gasteiger partial charge in [-0.2, -0.15) is 0 Å². The molecule has 2 heteroatoms. The average molecular weight is 234 g/mol. The first kappa shape index (κ1) is 9.54. The van der Waals surface area contributed by atoms with Crippen molar-refractivity contribution in [3.05, 3.63) is 60.9 Å². The van der Waals surface area contributed by atoms with E-state index in [-0.39, 0.29) is 0 Å². The summed E-state index contributed by atoms with van der Waals surface area (Å²) in [5, 5.41) is 2.24. The van der Waals surface area contributed by atoms with E-state index in [1.807, 2.05) is 42.5 Å². The van der Waals surface area contributed by atoms with Crippen LogP contribution >= 0.6 is 0 Å². The summed E-state index contributed by atoms with van der Waals surface area (Å²) >= 11 is 0. The zero-order valence-corrected chi connectivity index (χ0v) is 9.59. The minimum Gasteiger partial charge on any atom is -0.464 e. The first-order valence-electron chi connectivity index (χ1n) is 5.87. The van der Waals surface area contributed by atoms with Crippen molar-refractivity contribution < 1.29 is 8.83 Å². The lowest BCUT2D eigenvalue weighted by Crippen LogP contribution is -1.75. The van der Waals surface area contributed by atoms with Crippen LogP contribution in [0.15, 0.2) is 69.7 Å². The smallest absolute Gasteiger partial charge is 0.136 e. The maximum Gasteiger partial charge on any atom is 0.136 e. The van der Waals surface area contributed by atoms with Crippen molar-refractivity contribution in [2.24, 2.45) is 0 Å². The fourth-order valence-corrected chi connectivity index (χ4v) is 2.41. The number of furan rings is 2. The molecule has 0 spiro atoms.